The number of carbonyl (C=O) groups excluding carboxylic acids is 1. The van der Waals surface area contributed by atoms with Gasteiger partial charge in [0.05, 0.1) is 0 Å². The Kier molecular flexibility index (Phi) is 4.57. The monoisotopic (exact) mass is 298 g/mol. The smallest absolute Gasteiger partial charge is 0.251 e. The highest BCUT2D eigenvalue weighted by atomic mass is 79.9. The van der Waals surface area contributed by atoms with Crippen LogP contribution in [0.4, 0.5) is 5.69 Å². The van der Waals surface area contributed by atoms with E-state index in [-0.39, 0.29) is 11.3 Å². The molecule has 1 aromatic carbocycles. The Morgan fingerprint density at radius 2 is 2.06 bits per heavy atom. The van der Waals surface area contributed by atoms with E-state index in [2.05, 4.69) is 42.0 Å². The van der Waals surface area contributed by atoms with Crippen LogP contribution in [0.15, 0.2) is 22.7 Å². The molecule has 0 spiro atoms. The van der Waals surface area contributed by atoms with Gasteiger partial charge in [0.25, 0.3) is 5.91 Å². The summed E-state index contributed by atoms with van der Waals surface area (Å²) in [5.41, 5.74) is 7.16. The molecule has 0 aliphatic heterocycles. The van der Waals surface area contributed by atoms with Gasteiger partial charge in [0.15, 0.2) is 0 Å². The maximum atomic E-state index is 11.8. The maximum absolute atomic E-state index is 11.8. The molecule has 4 heteroatoms. The van der Waals surface area contributed by atoms with Crippen molar-refractivity contribution in [3.8, 4) is 0 Å². The first-order chi connectivity index (χ1) is 7.79. The fraction of sp³-hybridized carbons (Fsp3) is 0.462. The molecule has 0 aliphatic carbocycles. The number of nitrogens with two attached hydrogens (primary N) is 1. The number of carbonyl (C=O) groups is 1. The van der Waals surface area contributed by atoms with Crippen molar-refractivity contribution in [2.24, 2.45) is 5.41 Å². The van der Waals surface area contributed by atoms with E-state index in [4.69, 9.17) is 5.73 Å². The highest BCUT2D eigenvalue weighted by Gasteiger charge is 2.11. The molecule has 0 unspecified atom stereocenters. The fourth-order valence-electron chi connectivity index (χ4n) is 1.32. The lowest BCUT2D eigenvalue weighted by atomic mass is 9.92. The number of hydrogen-bond acceptors (Lipinski definition) is 2. The summed E-state index contributed by atoms with van der Waals surface area (Å²) in [7, 11) is 0. The molecule has 17 heavy (non-hydrogen) atoms. The summed E-state index contributed by atoms with van der Waals surface area (Å²) in [4.78, 5) is 11.8. The second kappa shape index (κ2) is 5.54. The number of nitrogens with one attached hydrogen (secondary N) is 1. The molecule has 0 fully saturated rings. The van der Waals surface area contributed by atoms with Gasteiger partial charge >= 0.3 is 0 Å². The molecule has 0 bridgehead atoms. The maximum Gasteiger partial charge on any atom is 0.251 e. The van der Waals surface area contributed by atoms with E-state index in [0.717, 1.165) is 10.9 Å². The number of halogens is 1. The van der Waals surface area contributed by atoms with Crippen LogP contribution >= 0.6 is 15.9 Å². The second-order valence-corrected chi connectivity index (χ2v) is 6.16. The van der Waals surface area contributed by atoms with Crippen LogP contribution in [0.3, 0.4) is 0 Å². The summed E-state index contributed by atoms with van der Waals surface area (Å²) in [6, 6.07) is 5.19. The van der Waals surface area contributed by atoms with E-state index >= 15 is 0 Å². The molecule has 1 amide bonds. The van der Waals surface area contributed by atoms with E-state index in [9.17, 15) is 4.79 Å². The first-order valence-electron chi connectivity index (χ1n) is 5.63. The van der Waals surface area contributed by atoms with Gasteiger partial charge in [-0.3, -0.25) is 4.79 Å². The lowest BCUT2D eigenvalue weighted by Gasteiger charge is -2.18. The number of amides is 1. The topological polar surface area (TPSA) is 55.1 Å². The minimum atomic E-state index is -0.0602. The van der Waals surface area contributed by atoms with Crippen molar-refractivity contribution in [3.63, 3.8) is 0 Å². The number of hydrogen-bond donors (Lipinski definition) is 2. The predicted molar refractivity (Wildman–Crippen MR) is 75.0 cm³/mol. The van der Waals surface area contributed by atoms with E-state index in [1.807, 2.05) is 0 Å². The van der Waals surface area contributed by atoms with E-state index in [1.165, 1.54) is 0 Å². The summed E-state index contributed by atoms with van der Waals surface area (Å²) >= 11 is 3.31. The molecular formula is C13H19BrN2O. The summed E-state index contributed by atoms with van der Waals surface area (Å²) in [6.07, 6.45) is 0.953. The first-order valence-corrected chi connectivity index (χ1v) is 6.42. The first kappa shape index (κ1) is 14.0. The van der Waals surface area contributed by atoms with Gasteiger partial charge in [0, 0.05) is 22.3 Å². The third-order valence-electron chi connectivity index (χ3n) is 2.42. The molecule has 0 saturated carbocycles. The molecule has 3 N–H and O–H groups in total. The lowest BCUT2D eigenvalue weighted by molar-refractivity contribution is 0.0949. The summed E-state index contributed by atoms with van der Waals surface area (Å²) in [5, 5.41) is 2.90. The second-order valence-electron chi connectivity index (χ2n) is 5.30. The average Bonchev–Trinajstić information content (AvgIpc) is 2.20. The van der Waals surface area contributed by atoms with Crippen molar-refractivity contribution in [2.75, 3.05) is 12.3 Å². The van der Waals surface area contributed by atoms with Crippen LogP contribution in [0.5, 0.6) is 0 Å². The molecule has 0 aromatic heterocycles. The SMILES string of the molecule is CC(C)(C)CCNC(=O)c1ccc(N)c(Br)c1. The van der Waals surface area contributed by atoms with Crippen molar-refractivity contribution < 1.29 is 4.79 Å². The summed E-state index contributed by atoms with van der Waals surface area (Å²) in [5.74, 6) is -0.0602. The van der Waals surface area contributed by atoms with Crippen LogP contribution in [0.25, 0.3) is 0 Å². The van der Waals surface area contributed by atoms with Crippen LogP contribution < -0.4 is 11.1 Å². The van der Waals surface area contributed by atoms with Crippen LogP contribution in [-0.2, 0) is 0 Å². The summed E-state index contributed by atoms with van der Waals surface area (Å²) < 4.78 is 0.751. The van der Waals surface area contributed by atoms with Crippen molar-refractivity contribution in [2.45, 2.75) is 27.2 Å². The van der Waals surface area contributed by atoms with Gasteiger partial charge in [-0.05, 0) is 46.0 Å². The Bertz CT molecular complexity index is 410. The van der Waals surface area contributed by atoms with Crippen LogP contribution in [0.2, 0.25) is 0 Å². The lowest BCUT2D eigenvalue weighted by Crippen LogP contribution is -2.27. The van der Waals surface area contributed by atoms with Crippen molar-refractivity contribution in [1.82, 2.24) is 5.32 Å². The van der Waals surface area contributed by atoms with Gasteiger partial charge in [-0.15, -0.1) is 0 Å². The Balaban J connectivity index is 2.56. The van der Waals surface area contributed by atoms with E-state index in [1.54, 1.807) is 18.2 Å². The third kappa shape index (κ3) is 4.77. The molecule has 0 saturated heterocycles. The average molecular weight is 299 g/mol. The normalized spacial score (nSPS) is 11.3. The summed E-state index contributed by atoms with van der Waals surface area (Å²) in [6.45, 7) is 7.14. The molecule has 1 rings (SSSR count). The van der Waals surface area contributed by atoms with Gasteiger partial charge in [-0.1, -0.05) is 20.8 Å². The highest BCUT2D eigenvalue weighted by molar-refractivity contribution is 9.10. The minimum Gasteiger partial charge on any atom is -0.398 e. The molecule has 94 valence electrons. The van der Waals surface area contributed by atoms with Gasteiger partial charge in [0.1, 0.15) is 0 Å². The zero-order valence-corrected chi connectivity index (χ0v) is 12.1. The third-order valence-corrected chi connectivity index (χ3v) is 3.11. The molecule has 0 heterocycles. The Labute approximate surface area is 111 Å². The molecule has 0 aliphatic rings. The molecule has 3 nitrogen and oxygen atoms in total. The van der Waals surface area contributed by atoms with Crippen molar-refractivity contribution in [3.05, 3.63) is 28.2 Å². The fourth-order valence-corrected chi connectivity index (χ4v) is 1.70. The number of rotatable bonds is 3. The van der Waals surface area contributed by atoms with Crippen LogP contribution in [0.1, 0.15) is 37.6 Å². The molecule has 1 aromatic rings. The van der Waals surface area contributed by atoms with E-state index in [0.29, 0.717) is 17.8 Å². The zero-order chi connectivity index (χ0) is 13.1. The molecule has 0 atom stereocenters. The highest BCUT2D eigenvalue weighted by Crippen LogP contribution is 2.20. The Morgan fingerprint density at radius 1 is 1.41 bits per heavy atom. The van der Waals surface area contributed by atoms with Gasteiger partial charge in [-0.25, -0.2) is 0 Å². The predicted octanol–water partition coefficient (Wildman–Crippen LogP) is 3.20. The zero-order valence-electron chi connectivity index (χ0n) is 10.5. The van der Waals surface area contributed by atoms with Crippen molar-refractivity contribution >= 4 is 27.5 Å². The standard InChI is InChI=1S/C13H19BrN2O/c1-13(2,3)6-7-16-12(17)9-4-5-11(15)10(14)8-9/h4-5,8H,6-7,15H2,1-3H3,(H,16,17). The van der Waals surface area contributed by atoms with Crippen molar-refractivity contribution in [1.29, 1.82) is 0 Å². The number of anilines is 1. The minimum absolute atomic E-state index is 0.0602. The Morgan fingerprint density at radius 3 is 2.59 bits per heavy atom. The van der Waals surface area contributed by atoms with E-state index < -0.39 is 0 Å². The number of nitrogen functional groups attached to an aromatic ring is 1. The van der Waals surface area contributed by atoms with Gasteiger partial charge in [0.2, 0.25) is 0 Å². The molecule has 0 radical (unpaired) electrons. The van der Waals surface area contributed by atoms with Crippen LogP contribution in [0, 0.1) is 5.41 Å². The van der Waals surface area contributed by atoms with Gasteiger partial charge < -0.3 is 11.1 Å². The Hall–Kier alpha value is -1.03. The molecular weight excluding hydrogens is 280 g/mol. The largest absolute Gasteiger partial charge is 0.398 e. The number of benzene rings is 1. The van der Waals surface area contributed by atoms with Gasteiger partial charge in [-0.2, -0.15) is 0 Å². The van der Waals surface area contributed by atoms with Crippen LogP contribution in [-0.4, -0.2) is 12.5 Å². The quantitative estimate of drug-likeness (QED) is 0.842.